The molecule has 2 aromatic heterocycles. The highest BCUT2D eigenvalue weighted by Crippen LogP contribution is 2.29. The fourth-order valence-electron chi connectivity index (χ4n) is 2.81. The lowest BCUT2D eigenvalue weighted by Crippen LogP contribution is -2.37. The van der Waals surface area contributed by atoms with Crippen LogP contribution in [0.5, 0.6) is 0 Å². The van der Waals surface area contributed by atoms with E-state index in [9.17, 15) is 4.79 Å². The van der Waals surface area contributed by atoms with Gasteiger partial charge in [0.1, 0.15) is 0 Å². The van der Waals surface area contributed by atoms with E-state index in [0.717, 1.165) is 27.6 Å². The normalized spacial score (nSPS) is 11.2. The molecule has 0 saturated carbocycles. The minimum Gasteiger partial charge on any atom is -0.308 e. The van der Waals surface area contributed by atoms with Crippen LogP contribution in [0.1, 0.15) is 36.1 Å². The van der Waals surface area contributed by atoms with Gasteiger partial charge in [-0.1, -0.05) is 23.5 Å². The largest absolute Gasteiger partial charge is 0.308 e. The summed E-state index contributed by atoms with van der Waals surface area (Å²) in [4.78, 5) is 21.7. The molecule has 0 saturated heterocycles. The monoisotopic (exact) mass is 407 g/mol. The van der Waals surface area contributed by atoms with Gasteiger partial charge in [-0.05, 0) is 53.1 Å². The molecule has 1 amide bonds. The number of halogens is 1. The zero-order valence-electron chi connectivity index (χ0n) is 16.3. The van der Waals surface area contributed by atoms with Crippen molar-refractivity contribution in [2.75, 3.05) is 32.1 Å². The van der Waals surface area contributed by atoms with Crippen molar-refractivity contribution in [3.8, 4) is 0 Å². The van der Waals surface area contributed by atoms with Crippen molar-refractivity contribution >= 4 is 45.0 Å². The minimum atomic E-state index is -0.103. The number of hydrogen-bond acceptors (Lipinski definition) is 5. The molecule has 0 unspecified atom stereocenters. The van der Waals surface area contributed by atoms with E-state index >= 15 is 0 Å². The van der Waals surface area contributed by atoms with E-state index in [1.807, 2.05) is 56.0 Å². The van der Waals surface area contributed by atoms with Crippen LogP contribution in [0.4, 0.5) is 5.13 Å². The van der Waals surface area contributed by atoms with Crippen molar-refractivity contribution in [2.45, 2.75) is 26.8 Å². The molecule has 0 atom stereocenters. The average molecular weight is 408 g/mol. The van der Waals surface area contributed by atoms with E-state index in [0.29, 0.717) is 12.2 Å². The summed E-state index contributed by atoms with van der Waals surface area (Å²) in [6.45, 7) is 7.42. The van der Waals surface area contributed by atoms with Crippen molar-refractivity contribution in [1.29, 1.82) is 0 Å². The maximum atomic E-state index is 13.2. The molecular weight excluding hydrogens is 382 g/mol. The first kappa shape index (κ1) is 21.3. The number of fused-ring (bicyclic) bond motifs is 1. The molecule has 3 aromatic rings. The summed E-state index contributed by atoms with van der Waals surface area (Å²) in [5.74, 6) is -0.103. The topological polar surface area (TPSA) is 54.3 Å². The third-order valence-electron chi connectivity index (χ3n) is 4.16. The van der Waals surface area contributed by atoms with Crippen molar-refractivity contribution in [3.63, 3.8) is 0 Å². The van der Waals surface area contributed by atoms with E-state index in [-0.39, 0.29) is 24.4 Å². The van der Waals surface area contributed by atoms with Crippen LogP contribution in [0.2, 0.25) is 0 Å². The summed E-state index contributed by atoms with van der Waals surface area (Å²) < 4.78 is 2.96. The van der Waals surface area contributed by atoms with Crippen LogP contribution in [0.25, 0.3) is 10.2 Å². The number of carbonyl (C=O) groups is 1. The molecule has 0 N–H and O–H groups in total. The number of rotatable bonds is 6. The van der Waals surface area contributed by atoms with Gasteiger partial charge in [-0.25, -0.2) is 4.98 Å². The second kappa shape index (κ2) is 8.82. The van der Waals surface area contributed by atoms with E-state index < -0.39 is 0 Å². The summed E-state index contributed by atoms with van der Waals surface area (Å²) in [6, 6.07) is 10.0. The van der Waals surface area contributed by atoms with Gasteiger partial charge in [-0.15, -0.1) is 12.4 Å². The van der Waals surface area contributed by atoms with Gasteiger partial charge in [0.25, 0.3) is 5.91 Å². The third kappa shape index (κ3) is 4.66. The molecule has 146 valence electrons. The Morgan fingerprint density at radius 2 is 1.93 bits per heavy atom. The number of aromatic nitrogens is 3. The van der Waals surface area contributed by atoms with Gasteiger partial charge in [-0.2, -0.15) is 5.10 Å². The van der Waals surface area contributed by atoms with Crippen molar-refractivity contribution < 1.29 is 4.79 Å². The summed E-state index contributed by atoms with van der Waals surface area (Å²) >= 11 is 1.54. The van der Waals surface area contributed by atoms with Gasteiger partial charge < -0.3 is 4.90 Å². The maximum absolute atomic E-state index is 13.2. The minimum absolute atomic E-state index is 0. The number of aryl methyl sites for hydroxylation is 1. The smallest absolute Gasteiger partial charge is 0.280 e. The van der Waals surface area contributed by atoms with Crippen LogP contribution in [-0.4, -0.2) is 52.8 Å². The Hall–Kier alpha value is -1.96. The van der Waals surface area contributed by atoms with Crippen molar-refractivity contribution in [2.24, 2.45) is 0 Å². The number of anilines is 1. The second-order valence-electron chi connectivity index (χ2n) is 6.93. The molecule has 3 rings (SSSR count). The first-order chi connectivity index (χ1) is 12.4. The number of para-hydroxylation sites is 1. The lowest BCUT2D eigenvalue weighted by Gasteiger charge is -2.21. The summed E-state index contributed by atoms with van der Waals surface area (Å²) in [6.07, 6.45) is 0. The molecule has 6 nitrogen and oxygen atoms in total. The molecule has 1 aromatic carbocycles. The Labute approximate surface area is 170 Å². The van der Waals surface area contributed by atoms with Gasteiger partial charge in [0, 0.05) is 24.8 Å². The third-order valence-corrected chi connectivity index (χ3v) is 5.22. The van der Waals surface area contributed by atoms with E-state index in [2.05, 4.69) is 28.8 Å². The number of benzene rings is 1. The standard InChI is InChI=1S/C19H25N5OS.ClH/c1-13(2)24-14(3)12-16(21-24)18(25)23(11-10-22(4)5)19-20-15-8-6-7-9-17(15)26-19;/h6-9,12-13H,10-11H2,1-5H3;1H. The number of amides is 1. The SMILES string of the molecule is Cc1cc(C(=O)N(CCN(C)C)c2nc3ccccc3s2)nn1C(C)C.Cl. The van der Waals surface area contributed by atoms with Crippen LogP contribution in [0.3, 0.4) is 0 Å². The van der Waals surface area contributed by atoms with Crippen LogP contribution in [0, 0.1) is 6.92 Å². The van der Waals surface area contributed by atoms with Gasteiger partial charge in [0.2, 0.25) is 0 Å². The Morgan fingerprint density at radius 3 is 2.52 bits per heavy atom. The molecule has 0 aliphatic heterocycles. The van der Waals surface area contributed by atoms with E-state index in [1.165, 1.54) is 11.3 Å². The molecule has 0 bridgehead atoms. The zero-order chi connectivity index (χ0) is 18.8. The number of carbonyl (C=O) groups excluding carboxylic acids is 1. The first-order valence-corrected chi connectivity index (χ1v) is 9.56. The van der Waals surface area contributed by atoms with Crippen LogP contribution in [0.15, 0.2) is 30.3 Å². The molecule has 8 heteroatoms. The quantitative estimate of drug-likeness (QED) is 0.619. The number of hydrogen-bond donors (Lipinski definition) is 0. The molecule has 27 heavy (non-hydrogen) atoms. The second-order valence-corrected chi connectivity index (χ2v) is 7.94. The van der Waals surface area contributed by atoms with Gasteiger partial charge in [-0.3, -0.25) is 14.4 Å². The average Bonchev–Trinajstić information content (AvgIpc) is 3.17. The Morgan fingerprint density at radius 1 is 1.22 bits per heavy atom. The molecule has 0 spiro atoms. The summed E-state index contributed by atoms with van der Waals surface area (Å²) in [5, 5.41) is 5.24. The van der Waals surface area contributed by atoms with Crippen LogP contribution in [-0.2, 0) is 0 Å². The molecule has 0 aliphatic rings. The lowest BCUT2D eigenvalue weighted by molar-refractivity contribution is 0.0979. The zero-order valence-corrected chi connectivity index (χ0v) is 18.0. The molecule has 0 fully saturated rings. The number of thiazole rings is 1. The molecule has 2 heterocycles. The molecule has 0 aliphatic carbocycles. The molecular formula is C19H26ClN5OS. The Balaban J connectivity index is 0.00000261. The fraction of sp³-hybridized carbons (Fsp3) is 0.421. The van der Waals surface area contributed by atoms with Gasteiger partial charge in [0.05, 0.1) is 10.2 Å². The van der Waals surface area contributed by atoms with Crippen LogP contribution >= 0.6 is 23.7 Å². The predicted molar refractivity (Wildman–Crippen MR) is 114 cm³/mol. The van der Waals surface area contributed by atoms with Crippen molar-refractivity contribution in [3.05, 3.63) is 41.7 Å². The van der Waals surface area contributed by atoms with Crippen molar-refractivity contribution in [1.82, 2.24) is 19.7 Å². The Kier molecular flexibility index (Phi) is 6.97. The van der Waals surface area contributed by atoms with E-state index in [4.69, 9.17) is 0 Å². The highest BCUT2D eigenvalue weighted by Gasteiger charge is 2.24. The highest BCUT2D eigenvalue weighted by molar-refractivity contribution is 7.22. The molecule has 0 radical (unpaired) electrons. The first-order valence-electron chi connectivity index (χ1n) is 8.75. The predicted octanol–water partition coefficient (Wildman–Crippen LogP) is 4.01. The maximum Gasteiger partial charge on any atom is 0.280 e. The number of nitrogens with zero attached hydrogens (tertiary/aromatic N) is 5. The highest BCUT2D eigenvalue weighted by atomic mass is 35.5. The lowest BCUT2D eigenvalue weighted by atomic mass is 10.3. The van der Waals surface area contributed by atoms with E-state index in [1.54, 1.807) is 4.90 Å². The van der Waals surface area contributed by atoms with Gasteiger partial charge >= 0.3 is 0 Å². The number of likely N-dealkylation sites (N-methyl/N-ethyl adjacent to an activating group) is 1. The van der Waals surface area contributed by atoms with Gasteiger partial charge in [0.15, 0.2) is 10.8 Å². The summed E-state index contributed by atoms with van der Waals surface area (Å²) in [7, 11) is 4.00. The van der Waals surface area contributed by atoms with Crippen LogP contribution < -0.4 is 4.90 Å². The Bertz CT molecular complexity index is 885. The fourth-order valence-corrected chi connectivity index (χ4v) is 3.80. The summed E-state index contributed by atoms with van der Waals surface area (Å²) in [5.41, 5.74) is 2.37.